The number of pyridine rings is 1. The summed E-state index contributed by atoms with van der Waals surface area (Å²) in [5.41, 5.74) is 0.427. The molecule has 2 aromatic carbocycles. The van der Waals surface area contributed by atoms with Crippen LogP contribution in [-0.2, 0) is 6.18 Å². The molecule has 3 rings (SSSR count). The van der Waals surface area contributed by atoms with Crippen molar-refractivity contribution in [2.45, 2.75) is 6.18 Å². The SMILES string of the molecule is [CH2]COc1ccc(-c2ccc3cccc(Cl)c3n2)cc1C(F)(F)F. The van der Waals surface area contributed by atoms with Crippen molar-refractivity contribution in [1.82, 2.24) is 4.98 Å². The predicted molar refractivity (Wildman–Crippen MR) is 88.0 cm³/mol. The number of benzene rings is 2. The minimum Gasteiger partial charge on any atom is -0.493 e. The molecule has 0 amide bonds. The summed E-state index contributed by atoms with van der Waals surface area (Å²) in [6.07, 6.45) is -4.53. The van der Waals surface area contributed by atoms with Crippen LogP contribution in [0.25, 0.3) is 22.2 Å². The molecule has 24 heavy (non-hydrogen) atoms. The van der Waals surface area contributed by atoms with Crippen molar-refractivity contribution in [2.24, 2.45) is 0 Å². The molecule has 0 fully saturated rings. The molecule has 2 nitrogen and oxygen atoms in total. The molecular weight excluding hydrogens is 339 g/mol. The maximum absolute atomic E-state index is 13.2. The fraction of sp³-hybridized carbons (Fsp3) is 0.111. The zero-order valence-corrected chi connectivity index (χ0v) is 13.2. The molecular formula is C18H12ClF3NO. The van der Waals surface area contributed by atoms with Gasteiger partial charge in [0.15, 0.2) is 0 Å². The number of hydrogen-bond acceptors (Lipinski definition) is 2. The van der Waals surface area contributed by atoms with Crippen molar-refractivity contribution in [1.29, 1.82) is 0 Å². The van der Waals surface area contributed by atoms with Gasteiger partial charge in [-0.25, -0.2) is 4.98 Å². The zero-order chi connectivity index (χ0) is 17.3. The number of alkyl halides is 3. The zero-order valence-electron chi connectivity index (χ0n) is 12.4. The Balaban J connectivity index is 2.14. The van der Waals surface area contributed by atoms with Crippen molar-refractivity contribution in [2.75, 3.05) is 6.61 Å². The predicted octanol–water partition coefficient (Wildman–Crippen LogP) is 5.79. The van der Waals surface area contributed by atoms with Crippen LogP contribution in [-0.4, -0.2) is 11.6 Å². The van der Waals surface area contributed by atoms with Crippen LogP contribution in [0.3, 0.4) is 0 Å². The summed E-state index contributed by atoms with van der Waals surface area (Å²) in [4.78, 5) is 4.39. The molecule has 1 heterocycles. The molecule has 0 saturated heterocycles. The molecule has 0 aliphatic rings. The van der Waals surface area contributed by atoms with Crippen molar-refractivity contribution in [3.63, 3.8) is 0 Å². The molecule has 1 radical (unpaired) electrons. The molecule has 123 valence electrons. The number of rotatable bonds is 3. The molecule has 6 heteroatoms. The highest BCUT2D eigenvalue weighted by molar-refractivity contribution is 6.35. The first kappa shape index (κ1) is 16.6. The van der Waals surface area contributed by atoms with Crippen molar-refractivity contribution in [3.8, 4) is 17.0 Å². The summed E-state index contributed by atoms with van der Waals surface area (Å²) in [6.45, 7) is 3.32. The largest absolute Gasteiger partial charge is 0.493 e. The van der Waals surface area contributed by atoms with Gasteiger partial charge in [-0.1, -0.05) is 29.8 Å². The van der Waals surface area contributed by atoms with E-state index < -0.39 is 11.7 Å². The van der Waals surface area contributed by atoms with Gasteiger partial charge in [-0.15, -0.1) is 0 Å². The van der Waals surface area contributed by atoms with E-state index in [4.69, 9.17) is 16.3 Å². The average molecular weight is 351 g/mol. The standard InChI is InChI=1S/C18H12ClF3NO/c1-2-24-16-9-7-12(10-13(16)18(20,21)22)15-8-6-11-4-3-5-14(19)17(11)23-15/h3-10H,1-2H2. The molecule has 3 aromatic rings. The van der Waals surface area contributed by atoms with Crippen LogP contribution >= 0.6 is 11.6 Å². The lowest BCUT2D eigenvalue weighted by Crippen LogP contribution is -2.09. The number of ether oxygens (including phenoxy) is 1. The fourth-order valence-corrected chi connectivity index (χ4v) is 2.64. The van der Waals surface area contributed by atoms with Gasteiger partial charge >= 0.3 is 6.18 Å². The topological polar surface area (TPSA) is 22.1 Å². The summed E-state index contributed by atoms with van der Waals surface area (Å²) < 4.78 is 44.7. The van der Waals surface area contributed by atoms with Crippen LogP contribution in [0, 0.1) is 6.92 Å². The van der Waals surface area contributed by atoms with E-state index in [2.05, 4.69) is 11.9 Å². The summed E-state index contributed by atoms with van der Waals surface area (Å²) in [7, 11) is 0. The van der Waals surface area contributed by atoms with Gasteiger partial charge < -0.3 is 4.74 Å². The van der Waals surface area contributed by atoms with E-state index in [1.54, 1.807) is 24.3 Å². The van der Waals surface area contributed by atoms with E-state index >= 15 is 0 Å². The van der Waals surface area contributed by atoms with Crippen LogP contribution < -0.4 is 4.74 Å². The Kier molecular flexibility index (Phi) is 4.37. The van der Waals surface area contributed by atoms with E-state index in [0.29, 0.717) is 21.8 Å². The molecule has 0 saturated carbocycles. The molecule has 0 aliphatic heterocycles. The highest BCUT2D eigenvalue weighted by Crippen LogP contribution is 2.39. The lowest BCUT2D eigenvalue weighted by Gasteiger charge is -2.14. The highest BCUT2D eigenvalue weighted by Gasteiger charge is 2.34. The van der Waals surface area contributed by atoms with Crippen molar-refractivity contribution in [3.05, 3.63) is 66.0 Å². The highest BCUT2D eigenvalue weighted by atomic mass is 35.5. The van der Waals surface area contributed by atoms with Gasteiger partial charge in [-0.3, -0.25) is 0 Å². The Bertz CT molecular complexity index is 893. The van der Waals surface area contributed by atoms with Gasteiger partial charge in [0.1, 0.15) is 5.75 Å². The number of hydrogen-bond donors (Lipinski definition) is 0. The number of para-hydroxylation sites is 1. The third-order valence-corrected chi connectivity index (χ3v) is 3.81. The van der Waals surface area contributed by atoms with Gasteiger partial charge in [0.2, 0.25) is 0 Å². The normalized spacial score (nSPS) is 11.7. The monoisotopic (exact) mass is 350 g/mol. The van der Waals surface area contributed by atoms with Crippen LogP contribution in [0.5, 0.6) is 5.75 Å². The third-order valence-electron chi connectivity index (χ3n) is 3.51. The molecule has 0 N–H and O–H groups in total. The Morgan fingerprint density at radius 3 is 2.58 bits per heavy atom. The first-order valence-corrected chi connectivity index (χ1v) is 7.47. The second-order valence-electron chi connectivity index (χ2n) is 5.07. The Morgan fingerprint density at radius 1 is 1.08 bits per heavy atom. The molecule has 0 spiro atoms. The summed E-state index contributed by atoms with van der Waals surface area (Å²) in [5.74, 6) is -0.250. The van der Waals surface area contributed by atoms with Crippen LogP contribution in [0.4, 0.5) is 13.2 Å². The van der Waals surface area contributed by atoms with E-state index in [-0.39, 0.29) is 12.4 Å². The molecule has 0 aliphatic carbocycles. The number of fused-ring (bicyclic) bond motifs is 1. The van der Waals surface area contributed by atoms with Crippen LogP contribution in [0.1, 0.15) is 5.56 Å². The van der Waals surface area contributed by atoms with Gasteiger partial charge in [0.05, 0.1) is 28.4 Å². The molecule has 0 atom stereocenters. The van der Waals surface area contributed by atoms with Gasteiger partial charge in [0.25, 0.3) is 0 Å². The lowest BCUT2D eigenvalue weighted by molar-refractivity contribution is -0.138. The average Bonchev–Trinajstić information content (AvgIpc) is 2.55. The van der Waals surface area contributed by atoms with Crippen molar-refractivity contribution >= 4 is 22.5 Å². The minimum atomic E-state index is -4.53. The first-order valence-electron chi connectivity index (χ1n) is 7.09. The van der Waals surface area contributed by atoms with Crippen LogP contribution in [0.15, 0.2) is 48.5 Å². The lowest BCUT2D eigenvalue weighted by atomic mass is 10.0. The number of nitrogens with zero attached hydrogens (tertiary/aromatic N) is 1. The van der Waals surface area contributed by atoms with E-state index in [1.807, 2.05) is 6.07 Å². The summed E-state index contributed by atoms with van der Waals surface area (Å²) >= 11 is 6.12. The van der Waals surface area contributed by atoms with E-state index in [1.165, 1.54) is 12.1 Å². The second kappa shape index (κ2) is 6.32. The van der Waals surface area contributed by atoms with Crippen LogP contribution in [0.2, 0.25) is 5.02 Å². The minimum absolute atomic E-state index is 0.0910. The summed E-state index contributed by atoms with van der Waals surface area (Å²) in [6, 6.07) is 12.6. The molecule has 1 aromatic heterocycles. The van der Waals surface area contributed by atoms with Crippen molar-refractivity contribution < 1.29 is 17.9 Å². The Labute approximate surface area is 141 Å². The van der Waals surface area contributed by atoms with Gasteiger partial charge in [0, 0.05) is 10.9 Å². The third kappa shape index (κ3) is 3.17. The Morgan fingerprint density at radius 2 is 1.88 bits per heavy atom. The molecule has 0 unspecified atom stereocenters. The number of halogens is 4. The maximum Gasteiger partial charge on any atom is 0.419 e. The maximum atomic E-state index is 13.2. The fourth-order valence-electron chi connectivity index (χ4n) is 2.42. The quantitative estimate of drug-likeness (QED) is 0.596. The van der Waals surface area contributed by atoms with E-state index in [0.717, 1.165) is 11.5 Å². The van der Waals surface area contributed by atoms with E-state index in [9.17, 15) is 13.2 Å². The van der Waals surface area contributed by atoms with Gasteiger partial charge in [-0.2, -0.15) is 13.2 Å². The number of aromatic nitrogens is 1. The van der Waals surface area contributed by atoms with Gasteiger partial charge in [-0.05, 0) is 37.3 Å². The molecule has 0 bridgehead atoms. The summed E-state index contributed by atoms with van der Waals surface area (Å²) in [5, 5.41) is 1.27. The first-order chi connectivity index (χ1) is 11.4. The Hall–Kier alpha value is -2.27. The smallest absolute Gasteiger partial charge is 0.419 e. The second-order valence-corrected chi connectivity index (χ2v) is 5.47.